The van der Waals surface area contributed by atoms with E-state index < -0.39 is 0 Å². The Morgan fingerprint density at radius 2 is 2.09 bits per heavy atom. The quantitative estimate of drug-likeness (QED) is 0.850. The van der Waals surface area contributed by atoms with Crippen molar-refractivity contribution < 1.29 is 13.9 Å². The molecule has 3 fully saturated rings. The molecule has 3 saturated heterocycles. The predicted molar refractivity (Wildman–Crippen MR) is 87.3 cm³/mol. The van der Waals surface area contributed by atoms with Gasteiger partial charge in [0.05, 0.1) is 32.1 Å². The van der Waals surface area contributed by atoms with E-state index in [1.54, 1.807) is 6.26 Å². The molecule has 128 valence electrons. The van der Waals surface area contributed by atoms with Crippen LogP contribution in [0.25, 0.3) is 0 Å². The van der Waals surface area contributed by atoms with E-state index in [-0.39, 0.29) is 5.60 Å². The lowest BCUT2D eigenvalue weighted by molar-refractivity contribution is -0.0916. The maximum absolute atomic E-state index is 6.54. The molecule has 1 aromatic rings. The van der Waals surface area contributed by atoms with Crippen molar-refractivity contribution in [3.8, 4) is 0 Å². The number of ether oxygens (including phenoxy) is 2. The monoisotopic (exact) mass is 320 g/mol. The van der Waals surface area contributed by atoms with E-state index in [1.807, 2.05) is 12.1 Å². The summed E-state index contributed by atoms with van der Waals surface area (Å²) in [4.78, 5) is 4.98. The second-order valence-corrected chi connectivity index (χ2v) is 7.31. The van der Waals surface area contributed by atoms with Gasteiger partial charge in [0.2, 0.25) is 0 Å². The summed E-state index contributed by atoms with van der Waals surface area (Å²) in [6.45, 7) is 7.84. The Hall–Kier alpha value is -0.880. The van der Waals surface area contributed by atoms with Crippen LogP contribution in [0, 0.1) is 0 Å². The third-order valence-corrected chi connectivity index (χ3v) is 5.39. The van der Waals surface area contributed by atoms with Crippen LogP contribution < -0.4 is 0 Å². The zero-order valence-corrected chi connectivity index (χ0v) is 13.9. The van der Waals surface area contributed by atoms with Crippen molar-refractivity contribution >= 4 is 0 Å². The molecule has 0 aromatic carbocycles. The Bertz CT molecular complexity index is 486. The second kappa shape index (κ2) is 6.93. The molecule has 0 aliphatic carbocycles. The first-order chi connectivity index (χ1) is 11.3. The van der Waals surface area contributed by atoms with Gasteiger partial charge >= 0.3 is 0 Å². The SMILES string of the molecule is c1coc(CN2CCOC[C@]3(CC[C@@H](CN4CCCC4)O3)C2)c1. The van der Waals surface area contributed by atoms with E-state index in [0.717, 1.165) is 58.0 Å². The van der Waals surface area contributed by atoms with Crippen LogP contribution >= 0.6 is 0 Å². The summed E-state index contributed by atoms with van der Waals surface area (Å²) in [5.74, 6) is 1.02. The first kappa shape index (κ1) is 15.6. The van der Waals surface area contributed by atoms with Crippen molar-refractivity contribution in [3.05, 3.63) is 24.2 Å². The molecule has 2 atom stereocenters. The maximum atomic E-state index is 6.54. The van der Waals surface area contributed by atoms with E-state index in [2.05, 4.69) is 9.80 Å². The lowest BCUT2D eigenvalue weighted by atomic mass is 10.00. The fraction of sp³-hybridized carbons (Fsp3) is 0.778. The van der Waals surface area contributed by atoms with Crippen molar-refractivity contribution in [2.24, 2.45) is 0 Å². The summed E-state index contributed by atoms with van der Waals surface area (Å²) in [6, 6.07) is 4.00. The number of hydrogen-bond donors (Lipinski definition) is 0. The van der Waals surface area contributed by atoms with E-state index in [1.165, 1.54) is 25.9 Å². The lowest BCUT2D eigenvalue weighted by Crippen LogP contribution is -2.45. The molecule has 0 unspecified atom stereocenters. The van der Waals surface area contributed by atoms with Gasteiger partial charge in [-0.1, -0.05) is 0 Å². The van der Waals surface area contributed by atoms with Crippen LogP contribution in [0.1, 0.15) is 31.4 Å². The van der Waals surface area contributed by atoms with Crippen LogP contribution in [0.4, 0.5) is 0 Å². The average Bonchev–Trinajstić information content (AvgIpc) is 3.25. The molecule has 0 bridgehead atoms. The first-order valence-corrected chi connectivity index (χ1v) is 9.04. The van der Waals surface area contributed by atoms with E-state index >= 15 is 0 Å². The zero-order chi connectivity index (χ0) is 15.5. The Labute approximate surface area is 138 Å². The summed E-state index contributed by atoms with van der Waals surface area (Å²) in [7, 11) is 0. The summed E-state index contributed by atoms with van der Waals surface area (Å²) in [6.07, 6.45) is 7.09. The van der Waals surface area contributed by atoms with Gasteiger partial charge in [-0.2, -0.15) is 0 Å². The number of furan rings is 1. The van der Waals surface area contributed by atoms with Crippen LogP contribution in [0.2, 0.25) is 0 Å². The average molecular weight is 320 g/mol. The molecular formula is C18H28N2O3. The van der Waals surface area contributed by atoms with Gasteiger partial charge in [-0.05, 0) is 50.9 Å². The standard InChI is InChI=1S/C18H28N2O3/c1-2-8-19(7-1)13-17-5-6-18(23-17)14-20(9-11-21-15-18)12-16-4-3-10-22-16/h3-4,10,17H,1-2,5-9,11-15H2/t17-,18-/m0/s1. The lowest BCUT2D eigenvalue weighted by Gasteiger charge is -2.32. The largest absolute Gasteiger partial charge is 0.468 e. The van der Waals surface area contributed by atoms with Crippen LogP contribution in [0.3, 0.4) is 0 Å². The van der Waals surface area contributed by atoms with Crippen LogP contribution in [0.5, 0.6) is 0 Å². The van der Waals surface area contributed by atoms with Crippen molar-refractivity contribution in [3.63, 3.8) is 0 Å². The smallest absolute Gasteiger partial charge is 0.117 e. The minimum atomic E-state index is -0.118. The summed E-state index contributed by atoms with van der Waals surface area (Å²) >= 11 is 0. The second-order valence-electron chi connectivity index (χ2n) is 7.31. The van der Waals surface area contributed by atoms with Crippen molar-refractivity contribution in [1.29, 1.82) is 0 Å². The van der Waals surface area contributed by atoms with Crippen molar-refractivity contribution in [1.82, 2.24) is 9.80 Å². The molecule has 3 aliphatic rings. The molecule has 0 amide bonds. The Morgan fingerprint density at radius 3 is 2.91 bits per heavy atom. The molecule has 0 N–H and O–H groups in total. The van der Waals surface area contributed by atoms with Gasteiger partial charge in [0.15, 0.2) is 0 Å². The topological polar surface area (TPSA) is 38.1 Å². The number of hydrogen-bond acceptors (Lipinski definition) is 5. The molecule has 3 aliphatic heterocycles. The highest BCUT2D eigenvalue weighted by Gasteiger charge is 2.43. The van der Waals surface area contributed by atoms with E-state index in [4.69, 9.17) is 13.9 Å². The fourth-order valence-electron chi connectivity index (χ4n) is 4.24. The molecule has 1 spiro atoms. The highest BCUT2D eigenvalue weighted by molar-refractivity contribution is 5.00. The van der Waals surface area contributed by atoms with Crippen LogP contribution in [0.15, 0.2) is 22.8 Å². The van der Waals surface area contributed by atoms with Gasteiger partial charge in [0, 0.05) is 19.6 Å². The van der Waals surface area contributed by atoms with E-state index in [9.17, 15) is 0 Å². The predicted octanol–water partition coefficient (Wildman–Crippen LogP) is 2.13. The minimum Gasteiger partial charge on any atom is -0.468 e. The Morgan fingerprint density at radius 1 is 1.17 bits per heavy atom. The Balaban J connectivity index is 1.36. The number of rotatable bonds is 4. The summed E-state index contributed by atoms with van der Waals surface area (Å²) in [5.41, 5.74) is -0.118. The van der Waals surface area contributed by atoms with Gasteiger partial charge in [-0.15, -0.1) is 0 Å². The highest BCUT2D eigenvalue weighted by Crippen LogP contribution is 2.34. The van der Waals surface area contributed by atoms with E-state index in [0.29, 0.717) is 6.10 Å². The first-order valence-electron chi connectivity index (χ1n) is 9.04. The van der Waals surface area contributed by atoms with Crippen molar-refractivity contribution in [2.75, 3.05) is 45.9 Å². The molecule has 1 aromatic heterocycles. The minimum absolute atomic E-state index is 0.118. The van der Waals surface area contributed by atoms with Gasteiger partial charge < -0.3 is 18.8 Å². The third-order valence-electron chi connectivity index (χ3n) is 5.39. The molecule has 5 heteroatoms. The molecular weight excluding hydrogens is 292 g/mol. The van der Waals surface area contributed by atoms with Crippen molar-refractivity contribution in [2.45, 2.75) is 43.9 Å². The maximum Gasteiger partial charge on any atom is 0.117 e. The van der Waals surface area contributed by atoms with Crippen LogP contribution in [-0.2, 0) is 16.0 Å². The Kier molecular flexibility index (Phi) is 4.71. The third kappa shape index (κ3) is 3.79. The molecule has 4 heterocycles. The molecule has 0 saturated carbocycles. The molecule has 5 nitrogen and oxygen atoms in total. The fourth-order valence-corrected chi connectivity index (χ4v) is 4.24. The zero-order valence-electron chi connectivity index (χ0n) is 13.9. The van der Waals surface area contributed by atoms with Crippen LogP contribution in [-0.4, -0.2) is 67.4 Å². The normalized spacial score (nSPS) is 33.5. The highest BCUT2D eigenvalue weighted by atomic mass is 16.6. The van der Waals surface area contributed by atoms with Gasteiger partial charge in [-0.25, -0.2) is 0 Å². The molecule has 4 rings (SSSR count). The molecule has 23 heavy (non-hydrogen) atoms. The van der Waals surface area contributed by atoms with Gasteiger partial charge in [-0.3, -0.25) is 4.90 Å². The number of nitrogens with zero attached hydrogens (tertiary/aromatic N) is 2. The summed E-state index contributed by atoms with van der Waals surface area (Å²) in [5, 5.41) is 0. The number of likely N-dealkylation sites (tertiary alicyclic amines) is 1. The summed E-state index contributed by atoms with van der Waals surface area (Å²) < 4.78 is 17.9. The van der Waals surface area contributed by atoms with Gasteiger partial charge in [0.25, 0.3) is 0 Å². The molecule has 0 radical (unpaired) electrons. The van der Waals surface area contributed by atoms with Gasteiger partial charge in [0.1, 0.15) is 11.4 Å².